The molecule has 0 aromatic heterocycles. The van der Waals surface area contributed by atoms with Crippen LogP contribution in [0.25, 0.3) is 0 Å². The summed E-state index contributed by atoms with van der Waals surface area (Å²) in [5, 5.41) is -0.145. The Balaban J connectivity index is 2.11. The van der Waals surface area contributed by atoms with E-state index in [2.05, 4.69) is 6.58 Å². The first-order valence-corrected chi connectivity index (χ1v) is 6.20. The Bertz CT molecular complexity index is 375. The van der Waals surface area contributed by atoms with Crippen molar-refractivity contribution in [2.75, 3.05) is 6.61 Å². The molecule has 1 aromatic carbocycles. The minimum Gasteiger partial charge on any atom is -0.465 e. The number of benzene rings is 1. The maximum absolute atomic E-state index is 11.7. The quantitative estimate of drug-likeness (QED) is 0.594. The Morgan fingerprint density at radius 2 is 2.12 bits per heavy atom. The van der Waals surface area contributed by atoms with Gasteiger partial charge in [-0.1, -0.05) is 24.3 Å². The number of ether oxygens (including phenoxy) is 1. The van der Waals surface area contributed by atoms with Crippen molar-refractivity contribution >= 4 is 17.7 Å². The Kier molecular flexibility index (Phi) is 3.67. The van der Waals surface area contributed by atoms with E-state index in [9.17, 15) is 4.79 Å². The zero-order chi connectivity index (χ0) is 11.4. The van der Waals surface area contributed by atoms with Crippen LogP contribution in [0.15, 0.2) is 47.9 Å². The molecule has 1 saturated heterocycles. The number of esters is 1. The molecule has 0 saturated carbocycles. The normalized spacial score (nSPS) is 24.9. The van der Waals surface area contributed by atoms with E-state index < -0.39 is 0 Å². The van der Waals surface area contributed by atoms with Gasteiger partial charge in [0.05, 0.1) is 6.61 Å². The van der Waals surface area contributed by atoms with Crippen LogP contribution < -0.4 is 0 Å². The highest BCUT2D eigenvalue weighted by Crippen LogP contribution is 2.33. The summed E-state index contributed by atoms with van der Waals surface area (Å²) in [6.07, 6.45) is 2.74. The highest BCUT2D eigenvalue weighted by atomic mass is 32.2. The molecule has 0 N–H and O–H groups in total. The van der Waals surface area contributed by atoms with Crippen molar-refractivity contribution < 1.29 is 9.53 Å². The average molecular weight is 234 g/mol. The molecule has 2 nitrogen and oxygen atoms in total. The summed E-state index contributed by atoms with van der Waals surface area (Å²) in [5.74, 6) is 0.0939. The van der Waals surface area contributed by atoms with Crippen LogP contribution in [0.1, 0.15) is 6.42 Å². The first-order chi connectivity index (χ1) is 7.81. The van der Waals surface area contributed by atoms with Gasteiger partial charge < -0.3 is 4.74 Å². The van der Waals surface area contributed by atoms with Crippen LogP contribution in [0.2, 0.25) is 0 Å². The van der Waals surface area contributed by atoms with Crippen molar-refractivity contribution in [3.8, 4) is 0 Å². The highest BCUT2D eigenvalue weighted by molar-refractivity contribution is 8.00. The summed E-state index contributed by atoms with van der Waals surface area (Å²) in [6.45, 7) is 4.30. The molecule has 1 aliphatic heterocycles. The number of carbonyl (C=O) groups is 1. The van der Waals surface area contributed by atoms with E-state index >= 15 is 0 Å². The van der Waals surface area contributed by atoms with Crippen LogP contribution in [0.3, 0.4) is 0 Å². The third-order valence-electron chi connectivity index (χ3n) is 2.63. The van der Waals surface area contributed by atoms with Crippen LogP contribution in [-0.4, -0.2) is 17.8 Å². The second kappa shape index (κ2) is 5.21. The van der Waals surface area contributed by atoms with Gasteiger partial charge in [0.15, 0.2) is 0 Å². The van der Waals surface area contributed by atoms with Gasteiger partial charge in [-0.3, -0.25) is 4.79 Å². The lowest BCUT2D eigenvalue weighted by atomic mass is 10.00. The number of allylic oxidation sites excluding steroid dienone is 1. The zero-order valence-corrected chi connectivity index (χ0v) is 9.78. The van der Waals surface area contributed by atoms with Crippen molar-refractivity contribution in [3.63, 3.8) is 0 Å². The van der Waals surface area contributed by atoms with Gasteiger partial charge in [-0.25, -0.2) is 0 Å². The predicted molar refractivity (Wildman–Crippen MR) is 65.4 cm³/mol. The lowest BCUT2D eigenvalue weighted by molar-refractivity contribution is -0.147. The molecule has 84 valence electrons. The van der Waals surface area contributed by atoms with Crippen LogP contribution >= 0.6 is 11.8 Å². The summed E-state index contributed by atoms with van der Waals surface area (Å²) in [7, 11) is 0. The van der Waals surface area contributed by atoms with Gasteiger partial charge in [-0.05, 0) is 18.6 Å². The van der Waals surface area contributed by atoms with E-state index in [1.54, 1.807) is 11.8 Å². The van der Waals surface area contributed by atoms with Crippen LogP contribution in [0.5, 0.6) is 0 Å². The van der Waals surface area contributed by atoms with Crippen molar-refractivity contribution in [1.82, 2.24) is 0 Å². The summed E-state index contributed by atoms with van der Waals surface area (Å²) < 4.78 is 5.09. The maximum atomic E-state index is 11.7. The van der Waals surface area contributed by atoms with Crippen LogP contribution in [0, 0.1) is 5.92 Å². The third-order valence-corrected chi connectivity index (χ3v) is 3.97. The lowest BCUT2D eigenvalue weighted by Gasteiger charge is -2.27. The molecule has 16 heavy (non-hydrogen) atoms. The van der Waals surface area contributed by atoms with E-state index in [0.717, 1.165) is 11.3 Å². The fourth-order valence-corrected chi connectivity index (χ4v) is 2.92. The molecule has 0 unspecified atom stereocenters. The van der Waals surface area contributed by atoms with Gasteiger partial charge in [0.2, 0.25) is 0 Å². The van der Waals surface area contributed by atoms with E-state index in [1.807, 2.05) is 36.4 Å². The first kappa shape index (κ1) is 11.3. The number of carbonyl (C=O) groups excluding carboxylic acids is 1. The first-order valence-electron chi connectivity index (χ1n) is 5.32. The number of rotatable bonds is 3. The average Bonchev–Trinajstić information content (AvgIpc) is 2.33. The minimum absolute atomic E-state index is 0.120. The van der Waals surface area contributed by atoms with Crippen molar-refractivity contribution in [3.05, 3.63) is 43.0 Å². The summed E-state index contributed by atoms with van der Waals surface area (Å²) in [4.78, 5) is 12.8. The standard InChI is InChI=1S/C13H14O2S/c1-2-10-8-9-15-13(14)12(10)16-11-6-4-3-5-7-11/h2-7,10,12H,1,8-9H2/t10-,12+/m1/s1. The van der Waals surface area contributed by atoms with Gasteiger partial charge in [0, 0.05) is 10.8 Å². The molecule has 0 radical (unpaired) electrons. The molecule has 0 amide bonds. The number of hydrogen-bond acceptors (Lipinski definition) is 3. The van der Waals surface area contributed by atoms with Crippen molar-refractivity contribution in [1.29, 1.82) is 0 Å². The molecular formula is C13H14O2S. The lowest BCUT2D eigenvalue weighted by Crippen LogP contribution is -2.33. The van der Waals surface area contributed by atoms with Crippen molar-refractivity contribution in [2.24, 2.45) is 5.92 Å². The molecule has 0 aliphatic carbocycles. The topological polar surface area (TPSA) is 26.3 Å². The fraction of sp³-hybridized carbons (Fsp3) is 0.308. The van der Waals surface area contributed by atoms with E-state index in [4.69, 9.17) is 4.74 Å². The number of thioether (sulfide) groups is 1. The Labute approximate surface area is 99.7 Å². The second-order valence-electron chi connectivity index (χ2n) is 3.71. The smallest absolute Gasteiger partial charge is 0.320 e. The molecule has 1 aliphatic rings. The van der Waals surface area contributed by atoms with Gasteiger partial charge in [0.1, 0.15) is 5.25 Å². The molecule has 1 aromatic rings. The molecule has 0 bridgehead atoms. The van der Waals surface area contributed by atoms with Crippen LogP contribution in [-0.2, 0) is 9.53 Å². The van der Waals surface area contributed by atoms with E-state index in [1.165, 1.54) is 0 Å². The Morgan fingerprint density at radius 3 is 2.81 bits per heavy atom. The molecule has 2 rings (SSSR count). The second-order valence-corrected chi connectivity index (χ2v) is 4.92. The monoisotopic (exact) mass is 234 g/mol. The van der Waals surface area contributed by atoms with E-state index in [-0.39, 0.29) is 17.1 Å². The van der Waals surface area contributed by atoms with Gasteiger partial charge in [-0.15, -0.1) is 18.3 Å². The highest BCUT2D eigenvalue weighted by Gasteiger charge is 2.32. The van der Waals surface area contributed by atoms with Gasteiger partial charge in [-0.2, -0.15) is 0 Å². The summed E-state index contributed by atoms with van der Waals surface area (Å²) in [6, 6.07) is 9.92. The molecule has 1 heterocycles. The number of hydrogen-bond donors (Lipinski definition) is 0. The zero-order valence-electron chi connectivity index (χ0n) is 8.96. The summed E-state index contributed by atoms with van der Waals surface area (Å²) >= 11 is 1.56. The molecular weight excluding hydrogens is 220 g/mol. The largest absolute Gasteiger partial charge is 0.465 e. The Morgan fingerprint density at radius 1 is 1.38 bits per heavy atom. The molecule has 0 spiro atoms. The number of cyclic esters (lactones) is 1. The third kappa shape index (κ3) is 2.47. The van der Waals surface area contributed by atoms with Crippen LogP contribution in [0.4, 0.5) is 0 Å². The molecule has 1 fully saturated rings. The van der Waals surface area contributed by atoms with Gasteiger partial charge in [0.25, 0.3) is 0 Å². The molecule has 2 atom stereocenters. The Hall–Kier alpha value is -1.22. The molecule has 3 heteroatoms. The van der Waals surface area contributed by atoms with Gasteiger partial charge >= 0.3 is 5.97 Å². The predicted octanol–water partition coefficient (Wildman–Crippen LogP) is 2.90. The SMILES string of the molecule is C=C[C@@H]1CCOC(=O)[C@H]1Sc1ccccc1. The minimum atomic E-state index is -0.145. The van der Waals surface area contributed by atoms with Crippen molar-refractivity contribution in [2.45, 2.75) is 16.6 Å². The fourth-order valence-electron chi connectivity index (χ4n) is 1.73. The summed E-state index contributed by atoms with van der Waals surface area (Å²) in [5.41, 5.74) is 0. The maximum Gasteiger partial charge on any atom is 0.320 e. The van der Waals surface area contributed by atoms with E-state index in [0.29, 0.717) is 6.61 Å².